The minimum absolute atomic E-state index is 0.180. The second-order valence-electron chi connectivity index (χ2n) is 6.95. The Bertz CT molecular complexity index is 746. The van der Waals surface area contributed by atoms with Crippen LogP contribution in [0.5, 0.6) is 0 Å². The first-order valence-electron chi connectivity index (χ1n) is 9.90. The molecule has 7 nitrogen and oxygen atoms in total. The molecule has 7 heteroatoms. The highest BCUT2D eigenvalue weighted by Crippen LogP contribution is 2.23. The molecule has 2 aromatic rings. The van der Waals surface area contributed by atoms with Gasteiger partial charge in [-0.3, -0.25) is 4.99 Å². The first-order valence-corrected chi connectivity index (χ1v) is 9.90. The summed E-state index contributed by atoms with van der Waals surface area (Å²) in [5.74, 6) is 1.81. The molecule has 1 aromatic heterocycles. The van der Waals surface area contributed by atoms with Gasteiger partial charge in [-0.1, -0.05) is 19.1 Å². The predicted octanol–water partition coefficient (Wildman–Crippen LogP) is 2.37. The minimum atomic E-state index is 0.180. The van der Waals surface area contributed by atoms with Crippen LogP contribution in [0.25, 0.3) is 0 Å². The van der Waals surface area contributed by atoms with E-state index in [1.807, 2.05) is 0 Å². The molecule has 146 valence electrons. The van der Waals surface area contributed by atoms with Crippen molar-refractivity contribution in [3.8, 4) is 0 Å². The molecule has 1 aliphatic heterocycles. The van der Waals surface area contributed by atoms with Crippen LogP contribution >= 0.6 is 0 Å². The molecule has 1 fully saturated rings. The van der Waals surface area contributed by atoms with Crippen molar-refractivity contribution >= 4 is 11.6 Å². The van der Waals surface area contributed by atoms with Crippen LogP contribution in [-0.2, 0) is 13.0 Å². The minimum Gasteiger partial charge on any atom is -0.372 e. The van der Waals surface area contributed by atoms with Gasteiger partial charge in [0.25, 0.3) is 0 Å². The maximum atomic E-state index is 4.36. The van der Waals surface area contributed by atoms with Crippen molar-refractivity contribution in [1.29, 1.82) is 0 Å². The standard InChI is InChI=1S/C20H31N7/c1-4-19-25-23-15-27(19)13-10-22-20(21-3)24-16(2)17-8-7-9-18(14-17)26-11-5-6-12-26/h7-9,14-16H,4-6,10-13H2,1-3H3,(H2,21,22,24). The fraction of sp³-hybridized carbons (Fsp3) is 0.550. The summed E-state index contributed by atoms with van der Waals surface area (Å²) in [6.45, 7) is 8.17. The summed E-state index contributed by atoms with van der Waals surface area (Å²) in [7, 11) is 1.80. The van der Waals surface area contributed by atoms with Crippen molar-refractivity contribution in [1.82, 2.24) is 25.4 Å². The van der Waals surface area contributed by atoms with Gasteiger partial charge in [-0.15, -0.1) is 10.2 Å². The molecule has 1 aliphatic rings. The predicted molar refractivity (Wildman–Crippen MR) is 110 cm³/mol. The molecule has 1 aromatic carbocycles. The normalized spacial score (nSPS) is 15.8. The Kier molecular flexibility index (Phi) is 6.68. The van der Waals surface area contributed by atoms with E-state index in [4.69, 9.17) is 0 Å². The largest absolute Gasteiger partial charge is 0.372 e. The van der Waals surface area contributed by atoms with Gasteiger partial charge >= 0.3 is 0 Å². The van der Waals surface area contributed by atoms with Crippen molar-refractivity contribution < 1.29 is 0 Å². The number of guanidine groups is 1. The van der Waals surface area contributed by atoms with E-state index in [0.29, 0.717) is 0 Å². The van der Waals surface area contributed by atoms with E-state index in [2.05, 4.69) is 73.4 Å². The van der Waals surface area contributed by atoms with E-state index in [-0.39, 0.29) is 6.04 Å². The maximum Gasteiger partial charge on any atom is 0.191 e. The summed E-state index contributed by atoms with van der Waals surface area (Å²) in [4.78, 5) is 6.82. The van der Waals surface area contributed by atoms with Crippen LogP contribution < -0.4 is 15.5 Å². The fourth-order valence-corrected chi connectivity index (χ4v) is 3.48. The lowest BCUT2D eigenvalue weighted by atomic mass is 10.1. The smallest absolute Gasteiger partial charge is 0.191 e. The van der Waals surface area contributed by atoms with Crippen LogP contribution in [-0.4, -0.2) is 47.4 Å². The van der Waals surface area contributed by atoms with Gasteiger partial charge in [0.05, 0.1) is 6.04 Å². The Hall–Kier alpha value is -2.57. The van der Waals surface area contributed by atoms with E-state index in [0.717, 1.165) is 44.4 Å². The molecule has 2 heterocycles. The Morgan fingerprint density at radius 1 is 1.30 bits per heavy atom. The highest BCUT2D eigenvalue weighted by molar-refractivity contribution is 5.80. The number of hydrogen-bond acceptors (Lipinski definition) is 4. The Balaban J connectivity index is 1.54. The van der Waals surface area contributed by atoms with Gasteiger partial charge in [-0.25, -0.2) is 0 Å². The summed E-state index contributed by atoms with van der Waals surface area (Å²) in [6, 6.07) is 9.00. The highest BCUT2D eigenvalue weighted by Gasteiger charge is 2.14. The lowest BCUT2D eigenvalue weighted by Crippen LogP contribution is -2.40. The zero-order valence-electron chi connectivity index (χ0n) is 16.6. The Morgan fingerprint density at radius 2 is 2.11 bits per heavy atom. The molecule has 0 radical (unpaired) electrons. The molecule has 0 spiro atoms. The third kappa shape index (κ3) is 4.99. The van der Waals surface area contributed by atoms with E-state index in [1.54, 1.807) is 13.4 Å². The van der Waals surface area contributed by atoms with Crippen LogP contribution in [0.1, 0.15) is 44.1 Å². The summed E-state index contributed by atoms with van der Waals surface area (Å²) < 4.78 is 2.07. The average molecular weight is 370 g/mol. The molecular weight excluding hydrogens is 338 g/mol. The number of aliphatic imine (C=N–C) groups is 1. The average Bonchev–Trinajstić information content (AvgIpc) is 3.39. The topological polar surface area (TPSA) is 70.4 Å². The fourth-order valence-electron chi connectivity index (χ4n) is 3.48. The lowest BCUT2D eigenvalue weighted by molar-refractivity contribution is 0.620. The molecule has 1 atom stereocenters. The zero-order chi connectivity index (χ0) is 19.1. The molecule has 0 saturated carbocycles. The van der Waals surface area contributed by atoms with Crippen molar-refractivity contribution in [2.45, 2.75) is 45.7 Å². The van der Waals surface area contributed by atoms with Crippen LogP contribution in [0.15, 0.2) is 35.6 Å². The molecule has 1 unspecified atom stereocenters. The monoisotopic (exact) mass is 369 g/mol. The van der Waals surface area contributed by atoms with Crippen molar-refractivity contribution in [3.05, 3.63) is 42.0 Å². The summed E-state index contributed by atoms with van der Waals surface area (Å²) in [5.41, 5.74) is 2.59. The second kappa shape index (κ2) is 9.39. The number of anilines is 1. The van der Waals surface area contributed by atoms with E-state index in [1.165, 1.54) is 24.1 Å². The number of aromatic nitrogens is 3. The highest BCUT2D eigenvalue weighted by atomic mass is 15.3. The first-order chi connectivity index (χ1) is 13.2. The van der Waals surface area contributed by atoms with Crippen molar-refractivity contribution in [2.75, 3.05) is 31.6 Å². The number of nitrogens with one attached hydrogen (secondary N) is 2. The van der Waals surface area contributed by atoms with Gasteiger partial charge in [0.2, 0.25) is 0 Å². The molecular formula is C20H31N7. The summed E-state index contributed by atoms with van der Waals surface area (Å²) in [5, 5.41) is 15.0. The number of rotatable bonds is 7. The van der Waals surface area contributed by atoms with Gasteiger partial charge in [0, 0.05) is 45.3 Å². The molecule has 27 heavy (non-hydrogen) atoms. The third-order valence-corrected chi connectivity index (χ3v) is 5.08. The van der Waals surface area contributed by atoms with Crippen LogP contribution in [0.2, 0.25) is 0 Å². The van der Waals surface area contributed by atoms with Crippen LogP contribution in [0.4, 0.5) is 5.69 Å². The summed E-state index contributed by atoms with van der Waals surface area (Å²) >= 11 is 0. The van der Waals surface area contributed by atoms with Crippen molar-refractivity contribution in [3.63, 3.8) is 0 Å². The summed E-state index contributed by atoms with van der Waals surface area (Å²) in [6.07, 6.45) is 5.25. The first kappa shape index (κ1) is 19.2. The third-order valence-electron chi connectivity index (χ3n) is 5.08. The van der Waals surface area contributed by atoms with Gasteiger partial charge in [-0.05, 0) is 37.5 Å². The number of aryl methyl sites for hydroxylation is 1. The number of hydrogen-bond donors (Lipinski definition) is 2. The molecule has 0 amide bonds. The van der Waals surface area contributed by atoms with Crippen LogP contribution in [0.3, 0.4) is 0 Å². The van der Waals surface area contributed by atoms with E-state index >= 15 is 0 Å². The molecule has 0 aliphatic carbocycles. The lowest BCUT2D eigenvalue weighted by Gasteiger charge is -2.22. The molecule has 3 rings (SSSR count). The van der Waals surface area contributed by atoms with Crippen molar-refractivity contribution in [2.24, 2.45) is 4.99 Å². The number of benzene rings is 1. The number of nitrogens with zero attached hydrogens (tertiary/aromatic N) is 5. The van der Waals surface area contributed by atoms with Gasteiger partial charge in [-0.2, -0.15) is 0 Å². The maximum absolute atomic E-state index is 4.36. The Labute approximate surface area is 161 Å². The second-order valence-corrected chi connectivity index (χ2v) is 6.95. The van der Waals surface area contributed by atoms with E-state index in [9.17, 15) is 0 Å². The Morgan fingerprint density at radius 3 is 2.85 bits per heavy atom. The molecule has 2 N–H and O–H groups in total. The molecule has 0 bridgehead atoms. The zero-order valence-corrected chi connectivity index (χ0v) is 16.6. The van der Waals surface area contributed by atoms with Gasteiger partial charge in [0.15, 0.2) is 5.96 Å². The van der Waals surface area contributed by atoms with Crippen LogP contribution in [0, 0.1) is 0 Å². The molecule has 1 saturated heterocycles. The quantitative estimate of drug-likeness (QED) is 0.579. The van der Waals surface area contributed by atoms with Gasteiger partial charge in [0.1, 0.15) is 12.2 Å². The van der Waals surface area contributed by atoms with Gasteiger partial charge < -0.3 is 20.1 Å². The SMILES string of the molecule is CCc1nncn1CCNC(=NC)NC(C)c1cccc(N2CCCC2)c1. The van der Waals surface area contributed by atoms with E-state index < -0.39 is 0 Å².